The number of halogens is 1. The molecule has 180 valence electrons. The van der Waals surface area contributed by atoms with E-state index in [-0.39, 0.29) is 34.9 Å². The fraction of sp³-hybridized carbons (Fsp3) is 0.240. The lowest BCUT2D eigenvalue weighted by atomic mass is 10.1. The lowest BCUT2D eigenvalue weighted by Crippen LogP contribution is -2.34. The Morgan fingerprint density at radius 3 is 2.38 bits per heavy atom. The third kappa shape index (κ3) is 6.55. The summed E-state index contributed by atoms with van der Waals surface area (Å²) in [4.78, 5) is 14.7. The molecule has 0 bridgehead atoms. The van der Waals surface area contributed by atoms with Crippen LogP contribution >= 0.6 is 0 Å². The number of hydrogen-bond acceptors (Lipinski definition) is 5. The van der Waals surface area contributed by atoms with Crippen LogP contribution in [0, 0.1) is 5.82 Å². The van der Waals surface area contributed by atoms with Gasteiger partial charge in [-0.25, -0.2) is 12.8 Å². The largest absolute Gasteiger partial charge is 0.494 e. The number of carbonyl (C=O) groups excluding carboxylic acids is 1. The van der Waals surface area contributed by atoms with Gasteiger partial charge < -0.3 is 15.0 Å². The molecule has 0 aliphatic carbocycles. The van der Waals surface area contributed by atoms with E-state index in [1.165, 1.54) is 30.3 Å². The van der Waals surface area contributed by atoms with Crippen LogP contribution in [0.15, 0.2) is 77.7 Å². The van der Waals surface area contributed by atoms with E-state index in [1.807, 2.05) is 25.9 Å². The molecule has 0 radical (unpaired) electrons. The van der Waals surface area contributed by atoms with Crippen LogP contribution in [-0.2, 0) is 10.0 Å². The monoisotopic (exact) mass is 485 g/mol. The fourth-order valence-electron chi connectivity index (χ4n) is 3.42. The minimum absolute atomic E-state index is 0.0784. The smallest absolute Gasteiger partial charge is 0.261 e. The van der Waals surface area contributed by atoms with Crippen LogP contribution in [0.3, 0.4) is 0 Å². The molecule has 0 heterocycles. The van der Waals surface area contributed by atoms with Gasteiger partial charge in [0.2, 0.25) is 0 Å². The predicted molar refractivity (Wildman–Crippen MR) is 130 cm³/mol. The van der Waals surface area contributed by atoms with Crippen molar-refractivity contribution in [3.05, 3.63) is 89.7 Å². The highest BCUT2D eigenvalue weighted by atomic mass is 32.2. The predicted octanol–water partition coefficient (Wildman–Crippen LogP) is 4.06. The molecular formula is C25H28FN3O4S. The van der Waals surface area contributed by atoms with Crippen LogP contribution in [0.2, 0.25) is 0 Å². The second-order valence-corrected chi connectivity index (χ2v) is 9.52. The van der Waals surface area contributed by atoms with Crippen molar-refractivity contribution in [2.45, 2.75) is 17.9 Å². The van der Waals surface area contributed by atoms with Crippen molar-refractivity contribution in [2.75, 3.05) is 32.0 Å². The molecule has 0 saturated carbocycles. The molecule has 7 nitrogen and oxygen atoms in total. The number of sulfonamides is 1. The number of nitrogens with zero attached hydrogens (tertiary/aromatic N) is 1. The van der Waals surface area contributed by atoms with E-state index in [4.69, 9.17) is 4.74 Å². The minimum Gasteiger partial charge on any atom is -0.494 e. The molecule has 1 atom stereocenters. The first-order valence-corrected chi connectivity index (χ1v) is 12.2. The van der Waals surface area contributed by atoms with Crippen LogP contribution in [-0.4, -0.2) is 46.5 Å². The number of rotatable bonds is 10. The van der Waals surface area contributed by atoms with E-state index in [1.54, 1.807) is 42.5 Å². The number of nitrogens with one attached hydrogen (secondary N) is 2. The fourth-order valence-corrected chi connectivity index (χ4v) is 4.47. The zero-order valence-corrected chi connectivity index (χ0v) is 20.1. The van der Waals surface area contributed by atoms with Crippen molar-refractivity contribution in [1.29, 1.82) is 0 Å². The topological polar surface area (TPSA) is 87.7 Å². The van der Waals surface area contributed by atoms with Gasteiger partial charge in [0.15, 0.2) is 0 Å². The molecule has 3 rings (SSSR count). The molecule has 9 heteroatoms. The molecule has 0 aliphatic rings. The molecular weight excluding hydrogens is 457 g/mol. The highest BCUT2D eigenvalue weighted by Gasteiger charge is 2.18. The van der Waals surface area contributed by atoms with Crippen molar-refractivity contribution in [3.63, 3.8) is 0 Å². The highest BCUT2D eigenvalue weighted by molar-refractivity contribution is 7.92. The van der Waals surface area contributed by atoms with Crippen molar-refractivity contribution < 1.29 is 22.3 Å². The molecule has 2 N–H and O–H groups in total. The minimum atomic E-state index is -3.84. The number of benzene rings is 3. The molecule has 0 spiro atoms. The molecule has 1 amide bonds. The summed E-state index contributed by atoms with van der Waals surface area (Å²) in [5, 5.41) is 2.84. The first-order valence-electron chi connectivity index (χ1n) is 10.8. The first-order chi connectivity index (χ1) is 16.2. The van der Waals surface area contributed by atoms with Gasteiger partial charge in [0, 0.05) is 17.8 Å². The molecule has 0 fully saturated rings. The van der Waals surface area contributed by atoms with Gasteiger partial charge in [-0.3, -0.25) is 9.52 Å². The Hall–Kier alpha value is -3.43. The third-order valence-corrected chi connectivity index (χ3v) is 6.53. The zero-order valence-electron chi connectivity index (χ0n) is 19.3. The van der Waals surface area contributed by atoms with Gasteiger partial charge in [-0.15, -0.1) is 0 Å². The summed E-state index contributed by atoms with van der Waals surface area (Å²) in [6.07, 6.45) is 0. The third-order valence-electron chi connectivity index (χ3n) is 5.13. The Bertz CT molecular complexity index is 1230. The highest BCUT2D eigenvalue weighted by Crippen LogP contribution is 2.21. The Balaban J connectivity index is 1.69. The quantitative estimate of drug-likeness (QED) is 0.452. The average Bonchev–Trinajstić information content (AvgIpc) is 2.79. The van der Waals surface area contributed by atoms with E-state index < -0.39 is 10.0 Å². The maximum absolute atomic E-state index is 13.6. The number of likely N-dealkylation sites (N-methyl/N-ethyl adjacent to an activating group) is 1. The number of ether oxygens (including phenoxy) is 1. The molecule has 0 saturated heterocycles. The first kappa shape index (κ1) is 25.2. The zero-order chi connectivity index (χ0) is 24.7. The van der Waals surface area contributed by atoms with Crippen LogP contribution in [0.25, 0.3) is 0 Å². The van der Waals surface area contributed by atoms with E-state index in [2.05, 4.69) is 10.0 Å². The van der Waals surface area contributed by atoms with E-state index in [0.717, 1.165) is 5.56 Å². The van der Waals surface area contributed by atoms with Crippen LogP contribution in [0.4, 0.5) is 10.1 Å². The molecule has 1 unspecified atom stereocenters. The normalized spacial score (nSPS) is 12.3. The van der Waals surface area contributed by atoms with Crippen LogP contribution < -0.4 is 14.8 Å². The summed E-state index contributed by atoms with van der Waals surface area (Å²) in [7, 11) is -0.153. The van der Waals surface area contributed by atoms with Gasteiger partial charge in [0.1, 0.15) is 11.6 Å². The second kappa shape index (κ2) is 11.1. The van der Waals surface area contributed by atoms with Gasteiger partial charge in [-0.1, -0.05) is 18.2 Å². The average molecular weight is 486 g/mol. The summed E-state index contributed by atoms with van der Waals surface area (Å²) in [5.41, 5.74) is 1.29. The Labute approximate surface area is 199 Å². The lowest BCUT2D eigenvalue weighted by Gasteiger charge is -2.25. The summed E-state index contributed by atoms with van der Waals surface area (Å²) < 4.78 is 47.0. The van der Waals surface area contributed by atoms with E-state index in [0.29, 0.717) is 17.9 Å². The maximum Gasteiger partial charge on any atom is 0.261 e. The molecule has 3 aromatic carbocycles. The van der Waals surface area contributed by atoms with Crippen LogP contribution in [0.5, 0.6) is 5.75 Å². The number of anilines is 1. The number of carbonyl (C=O) groups is 1. The Morgan fingerprint density at radius 2 is 1.74 bits per heavy atom. The van der Waals surface area contributed by atoms with Gasteiger partial charge in [0.05, 0.1) is 17.5 Å². The Kier molecular flexibility index (Phi) is 8.25. The van der Waals surface area contributed by atoms with Crippen molar-refractivity contribution >= 4 is 21.6 Å². The second-order valence-electron chi connectivity index (χ2n) is 7.84. The summed E-state index contributed by atoms with van der Waals surface area (Å²) in [6.45, 7) is 2.58. The summed E-state index contributed by atoms with van der Waals surface area (Å²) in [6, 6.07) is 18.3. The molecule has 34 heavy (non-hydrogen) atoms. The van der Waals surface area contributed by atoms with E-state index in [9.17, 15) is 17.6 Å². The maximum atomic E-state index is 13.6. The standard InChI is InChI=1S/C25H28FN3O4S/c1-4-33-22-11-13-23(14-12-22)34(31,32)28-21-10-6-8-19(16-21)25(30)27-17-24(29(2)3)18-7-5-9-20(26)15-18/h5-16,24,28H,4,17H2,1-3H3,(H,27,30). The van der Waals surface area contributed by atoms with Gasteiger partial charge >= 0.3 is 0 Å². The van der Waals surface area contributed by atoms with Gasteiger partial charge in [0.25, 0.3) is 15.9 Å². The van der Waals surface area contributed by atoms with Crippen molar-refractivity contribution in [2.24, 2.45) is 0 Å². The summed E-state index contributed by atoms with van der Waals surface area (Å²) >= 11 is 0. The molecule has 3 aromatic rings. The number of hydrogen-bond donors (Lipinski definition) is 2. The van der Waals surface area contributed by atoms with Crippen molar-refractivity contribution in [1.82, 2.24) is 10.2 Å². The lowest BCUT2D eigenvalue weighted by molar-refractivity contribution is 0.0942. The van der Waals surface area contributed by atoms with Crippen LogP contribution in [0.1, 0.15) is 28.9 Å². The molecule has 0 aliphatic heterocycles. The summed E-state index contributed by atoms with van der Waals surface area (Å²) in [5.74, 6) is -0.136. The SMILES string of the molecule is CCOc1ccc(S(=O)(=O)Nc2cccc(C(=O)NCC(c3cccc(F)c3)N(C)C)c2)cc1. The number of amides is 1. The van der Waals surface area contributed by atoms with Gasteiger partial charge in [-0.05, 0) is 81.2 Å². The molecule has 0 aromatic heterocycles. The van der Waals surface area contributed by atoms with E-state index >= 15 is 0 Å². The van der Waals surface area contributed by atoms with Crippen molar-refractivity contribution in [3.8, 4) is 5.75 Å². The van der Waals surface area contributed by atoms with Gasteiger partial charge in [-0.2, -0.15) is 0 Å². The Morgan fingerprint density at radius 1 is 1.03 bits per heavy atom.